The molecular weight excluding hydrogens is 365 g/mol. The smallest absolute Gasteiger partial charge is 0.356 e. The standard InChI is InChI=1S/C19H27F3N2O.ClH/c1-14(16-3-2-4-17(13-16)19(20,21)22)7-12-24-18(25)6-5-15-8-10-23-11-9-15;/h2-4,13-15,23H,5-12H2,1H3,(H,24,25);1H. The molecule has 1 saturated heterocycles. The Bertz CT molecular complexity index is 560. The molecule has 1 aromatic rings. The number of carbonyl (C=O) groups is 1. The van der Waals surface area contributed by atoms with Crippen molar-refractivity contribution in [2.75, 3.05) is 19.6 Å². The number of carbonyl (C=O) groups excluding carboxylic acids is 1. The van der Waals surface area contributed by atoms with Crippen LogP contribution in [0.15, 0.2) is 24.3 Å². The van der Waals surface area contributed by atoms with Gasteiger partial charge >= 0.3 is 6.18 Å². The highest BCUT2D eigenvalue weighted by Crippen LogP contribution is 2.31. The first-order valence-electron chi connectivity index (χ1n) is 9.01. The Morgan fingerprint density at radius 1 is 1.31 bits per heavy atom. The van der Waals surface area contributed by atoms with Gasteiger partial charge in [0.1, 0.15) is 0 Å². The number of halogens is 4. The maximum absolute atomic E-state index is 12.8. The molecule has 1 fully saturated rings. The molecule has 26 heavy (non-hydrogen) atoms. The van der Waals surface area contributed by atoms with Crippen LogP contribution in [-0.4, -0.2) is 25.5 Å². The summed E-state index contributed by atoms with van der Waals surface area (Å²) >= 11 is 0. The van der Waals surface area contributed by atoms with E-state index in [9.17, 15) is 18.0 Å². The average molecular weight is 393 g/mol. The zero-order chi connectivity index (χ0) is 18.3. The fourth-order valence-corrected chi connectivity index (χ4v) is 3.21. The van der Waals surface area contributed by atoms with E-state index in [4.69, 9.17) is 0 Å². The lowest BCUT2D eigenvalue weighted by Gasteiger charge is -2.22. The highest BCUT2D eigenvalue weighted by atomic mass is 35.5. The first-order chi connectivity index (χ1) is 11.9. The van der Waals surface area contributed by atoms with Gasteiger partial charge in [0, 0.05) is 13.0 Å². The van der Waals surface area contributed by atoms with E-state index >= 15 is 0 Å². The second-order valence-corrected chi connectivity index (χ2v) is 6.89. The topological polar surface area (TPSA) is 41.1 Å². The number of benzene rings is 1. The monoisotopic (exact) mass is 392 g/mol. The lowest BCUT2D eigenvalue weighted by atomic mass is 9.93. The van der Waals surface area contributed by atoms with Gasteiger partial charge in [0.2, 0.25) is 5.91 Å². The Balaban J connectivity index is 0.00000338. The van der Waals surface area contributed by atoms with Crippen LogP contribution in [0, 0.1) is 5.92 Å². The van der Waals surface area contributed by atoms with Crippen LogP contribution < -0.4 is 10.6 Å². The molecule has 0 bridgehead atoms. The molecule has 0 aliphatic carbocycles. The van der Waals surface area contributed by atoms with E-state index in [0.29, 0.717) is 30.9 Å². The van der Waals surface area contributed by atoms with Gasteiger partial charge in [-0.2, -0.15) is 13.2 Å². The SMILES string of the molecule is CC(CCNC(=O)CCC1CCNCC1)c1cccc(C(F)(F)F)c1.Cl. The molecular formula is C19H28ClF3N2O. The third-order valence-electron chi connectivity index (χ3n) is 4.92. The van der Waals surface area contributed by atoms with Crippen molar-refractivity contribution in [1.29, 1.82) is 0 Å². The first-order valence-corrected chi connectivity index (χ1v) is 9.01. The Morgan fingerprint density at radius 3 is 2.65 bits per heavy atom. The van der Waals surface area contributed by atoms with Gasteiger partial charge in [-0.05, 0) is 62.2 Å². The van der Waals surface area contributed by atoms with E-state index in [2.05, 4.69) is 10.6 Å². The summed E-state index contributed by atoms with van der Waals surface area (Å²) in [6.07, 6.45) is -0.00198. The summed E-state index contributed by atoms with van der Waals surface area (Å²) in [5, 5.41) is 6.20. The van der Waals surface area contributed by atoms with Gasteiger partial charge in [-0.25, -0.2) is 0 Å². The fraction of sp³-hybridized carbons (Fsp3) is 0.632. The number of piperidine rings is 1. The average Bonchev–Trinajstić information content (AvgIpc) is 2.60. The summed E-state index contributed by atoms with van der Waals surface area (Å²) < 4.78 is 38.3. The summed E-state index contributed by atoms with van der Waals surface area (Å²) in [4.78, 5) is 11.9. The lowest BCUT2D eigenvalue weighted by Crippen LogP contribution is -2.30. The molecule has 1 aromatic carbocycles. The van der Waals surface area contributed by atoms with Crippen molar-refractivity contribution in [3.05, 3.63) is 35.4 Å². The number of amides is 1. The predicted molar refractivity (Wildman–Crippen MR) is 99.6 cm³/mol. The van der Waals surface area contributed by atoms with Crippen LogP contribution in [0.25, 0.3) is 0 Å². The van der Waals surface area contributed by atoms with E-state index < -0.39 is 11.7 Å². The first kappa shape index (κ1) is 22.8. The molecule has 1 heterocycles. The molecule has 1 aliphatic heterocycles. The minimum Gasteiger partial charge on any atom is -0.356 e. The zero-order valence-corrected chi connectivity index (χ0v) is 15.9. The van der Waals surface area contributed by atoms with E-state index in [1.54, 1.807) is 6.07 Å². The molecule has 3 nitrogen and oxygen atoms in total. The number of nitrogens with one attached hydrogen (secondary N) is 2. The minimum atomic E-state index is -4.32. The van der Waals surface area contributed by atoms with Gasteiger partial charge in [0.25, 0.3) is 0 Å². The van der Waals surface area contributed by atoms with Crippen LogP contribution in [0.2, 0.25) is 0 Å². The summed E-state index contributed by atoms with van der Waals surface area (Å²) in [7, 11) is 0. The third-order valence-corrected chi connectivity index (χ3v) is 4.92. The van der Waals surface area contributed by atoms with E-state index in [1.807, 2.05) is 6.92 Å². The molecule has 1 aliphatic rings. The Kier molecular flexibility index (Phi) is 9.44. The number of hydrogen-bond acceptors (Lipinski definition) is 2. The second-order valence-electron chi connectivity index (χ2n) is 6.89. The van der Waals surface area contributed by atoms with Crippen LogP contribution in [0.3, 0.4) is 0 Å². The van der Waals surface area contributed by atoms with Crippen molar-refractivity contribution in [3.63, 3.8) is 0 Å². The molecule has 0 spiro atoms. The van der Waals surface area contributed by atoms with Crippen LogP contribution in [0.5, 0.6) is 0 Å². The number of hydrogen-bond donors (Lipinski definition) is 2. The highest BCUT2D eigenvalue weighted by molar-refractivity contribution is 5.85. The Labute approximate surface area is 159 Å². The normalized spacial score (nSPS) is 16.6. The zero-order valence-electron chi connectivity index (χ0n) is 15.1. The van der Waals surface area contributed by atoms with Crippen LogP contribution in [-0.2, 0) is 11.0 Å². The van der Waals surface area contributed by atoms with Gasteiger partial charge in [-0.15, -0.1) is 12.4 Å². The van der Waals surface area contributed by atoms with Crippen molar-refractivity contribution in [2.45, 2.75) is 51.1 Å². The molecule has 1 unspecified atom stereocenters. The largest absolute Gasteiger partial charge is 0.416 e. The molecule has 148 valence electrons. The van der Waals surface area contributed by atoms with Crippen molar-refractivity contribution >= 4 is 18.3 Å². The fourth-order valence-electron chi connectivity index (χ4n) is 3.21. The molecule has 1 amide bonds. The van der Waals surface area contributed by atoms with Gasteiger partial charge in [-0.3, -0.25) is 4.79 Å². The van der Waals surface area contributed by atoms with E-state index in [0.717, 1.165) is 38.4 Å². The number of rotatable bonds is 7. The summed E-state index contributed by atoms with van der Waals surface area (Å²) in [5.74, 6) is 0.623. The van der Waals surface area contributed by atoms with Crippen LogP contribution in [0.4, 0.5) is 13.2 Å². The van der Waals surface area contributed by atoms with Gasteiger partial charge in [0.15, 0.2) is 0 Å². The predicted octanol–water partition coefficient (Wildman–Crippen LogP) is 4.52. The lowest BCUT2D eigenvalue weighted by molar-refractivity contribution is -0.137. The van der Waals surface area contributed by atoms with Crippen molar-refractivity contribution in [2.24, 2.45) is 5.92 Å². The maximum atomic E-state index is 12.8. The molecule has 2 rings (SSSR count). The molecule has 0 radical (unpaired) electrons. The van der Waals surface area contributed by atoms with Crippen molar-refractivity contribution in [1.82, 2.24) is 10.6 Å². The Hall–Kier alpha value is -1.27. The highest BCUT2D eigenvalue weighted by Gasteiger charge is 2.30. The molecule has 2 N–H and O–H groups in total. The summed E-state index contributed by atoms with van der Waals surface area (Å²) in [6, 6.07) is 5.42. The minimum absolute atomic E-state index is 0. The van der Waals surface area contributed by atoms with Gasteiger partial charge in [-0.1, -0.05) is 25.1 Å². The third kappa shape index (κ3) is 7.54. The molecule has 1 atom stereocenters. The maximum Gasteiger partial charge on any atom is 0.416 e. The molecule has 0 aromatic heterocycles. The van der Waals surface area contributed by atoms with Crippen LogP contribution in [0.1, 0.15) is 56.1 Å². The van der Waals surface area contributed by atoms with E-state index in [1.165, 1.54) is 12.1 Å². The summed E-state index contributed by atoms with van der Waals surface area (Å²) in [6.45, 7) is 4.43. The van der Waals surface area contributed by atoms with Gasteiger partial charge < -0.3 is 10.6 Å². The van der Waals surface area contributed by atoms with E-state index in [-0.39, 0.29) is 24.2 Å². The molecule has 0 saturated carbocycles. The second kappa shape index (κ2) is 10.8. The van der Waals surface area contributed by atoms with Crippen molar-refractivity contribution in [3.8, 4) is 0 Å². The quantitative estimate of drug-likeness (QED) is 0.716. The van der Waals surface area contributed by atoms with Gasteiger partial charge in [0.05, 0.1) is 5.56 Å². The summed E-state index contributed by atoms with van der Waals surface area (Å²) in [5.41, 5.74) is 0.0293. The van der Waals surface area contributed by atoms with Crippen molar-refractivity contribution < 1.29 is 18.0 Å². The molecule has 7 heteroatoms. The number of alkyl halides is 3. The Morgan fingerprint density at radius 2 is 2.00 bits per heavy atom. The van der Waals surface area contributed by atoms with Crippen LogP contribution >= 0.6 is 12.4 Å².